The lowest BCUT2D eigenvalue weighted by molar-refractivity contribution is -0.119. The van der Waals surface area contributed by atoms with Crippen molar-refractivity contribution in [1.82, 2.24) is 10.3 Å². The van der Waals surface area contributed by atoms with Crippen molar-refractivity contribution in [2.45, 2.75) is 39.8 Å². The van der Waals surface area contributed by atoms with Crippen molar-refractivity contribution in [3.05, 3.63) is 53.7 Å². The van der Waals surface area contributed by atoms with Crippen molar-refractivity contribution >= 4 is 23.4 Å². The zero-order valence-corrected chi connectivity index (χ0v) is 14.9. The van der Waals surface area contributed by atoms with E-state index >= 15 is 0 Å². The van der Waals surface area contributed by atoms with Crippen LogP contribution in [0, 0.1) is 0 Å². The van der Waals surface area contributed by atoms with E-state index < -0.39 is 11.6 Å². The number of amides is 1. The molecular weight excluding hydrogens is 318 g/mol. The summed E-state index contributed by atoms with van der Waals surface area (Å²) in [4.78, 5) is 27.1. The molecule has 2 aromatic rings. The van der Waals surface area contributed by atoms with Crippen LogP contribution in [0.25, 0.3) is 0 Å². The SMILES string of the molecule is CC(=O)NCc1ccc(Nc2ccc(C(=O)OC(C)(C)C)cn2)cc1. The number of benzene rings is 1. The van der Waals surface area contributed by atoms with Gasteiger partial charge in [0, 0.05) is 25.4 Å². The lowest BCUT2D eigenvalue weighted by Gasteiger charge is -2.19. The average Bonchev–Trinajstić information content (AvgIpc) is 2.53. The molecule has 2 N–H and O–H groups in total. The molecule has 6 nitrogen and oxygen atoms in total. The minimum atomic E-state index is -0.535. The summed E-state index contributed by atoms with van der Waals surface area (Å²) in [6.45, 7) is 7.46. The van der Waals surface area contributed by atoms with E-state index in [0.717, 1.165) is 11.3 Å². The summed E-state index contributed by atoms with van der Waals surface area (Å²) in [6.07, 6.45) is 1.49. The molecule has 0 bridgehead atoms. The minimum Gasteiger partial charge on any atom is -0.456 e. The van der Waals surface area contributed by atoms with Crippen molar-refractivity contribution in [3.8, 4) is 0 Å². The van der Waals surface area contributed by atoms with Crippen LogP contribution in [0.1, 0.15) is 43.6 Å². The van der Waals surface area contributed by atoms with Gasteiger partial charge in [-0.3, -0.25) is 4.79 Å². The van der Waals surface area contributed by atoms with E-state index in [1.54, 1.807) is 12.1 Å². The van der Waals surface area contributed by atoms with E-state index in [-0.39, 0.29) is 5.91 Å². The van der Waals surface area contributed by atoms with Gasteiger partial charge in [-0.1, -0.05) is 12.1 Å². The van der Waals surface area contributed by atoms with Crippen molar-refractivity contribution in [1.29, 1.82) is 0 Å². The second-order valence-corrected chi connectivity index (χ2v) is 6.67. The number of hydrogen-bond acceptors (Lipinski definition) is 5. The monoisotopic (exact) mass is 341 g/mol. The molecule has 1 aromatic heterocycles. The highest BCUT2D eigenvalue weighted by atomic mass is 16.6. The first-order valence-electron chi connectivity index (χ1n) is 8.03. The topological polar surface area (TPSA) is 80.3 Å². The first-order chi connectivity index (χ1) is 11.7. The number of esters is 1. The van der Waals surface area contributed by atoms with E-state index in [2.05, 4.69) is 15.6 Å². The normalized spacial score (nSPS) is 10.9. The minimum absolute atomic E-state index is 0.0588. The molecule has 0 saturated carbocycles. The fourth-order valence-electron chi connectivity index (χ4n) is 2.01. The van der Waals surface area contributed by atoms with Crippen LogP contribution >= 0.6 is 0 Å². The molecule has 2 rings (SSSR count). The molecule has 0 fully saturated rings. The van der Waals surface area contributed by atoms with Crippen LogP contribution in [0.15, 0.2) is 42.6 Å². The van der Waals surface area contributed by atoms with Crippen LogP contribution in [0.5, 0.6) is 0 Å². The van der Waals surface area contributed by atoms with Gasteiger partial charge < -0.3 is 15.4 Å². The Kier molecular flexibility index (Phi) is 5.75. The quantitative estimate of drug-likeness (QED) is 0.815. The standard InChI is InChI=1S/C19H23N3O3/c1-13(23)20-11-14-5-8-16(9-6-14)22-17-10-7-15(12-21-17)18(24)25-19(2,3)4/h5-10,12H,11H2,1-4H3,(H,20,23)(H,21,22). The molecule has 0 radical (unpaired) electrons. The van der Waals surface area contributed by atoms with Gasteiger partial charge in [0.1, 0.15) is 11.4 Å². The fraction of sp³-hybridized carbons (Fsp3) is 0.316. The Balaban J connectivity index is 1.97. The molecule has 1 heterocycles. The van der Waals surface area contributed by atoms with Gasteiger partial charge in [0.2, 0.25) is 5.91 Å². The van der Waals surface area contributed by atoms with Crippen molar-refractivity contribution < 1.29 is 14.3 Å². The van der Waals surface area contributed by atoms with Crippen LogP contribution < -0.4 is 10.6 Å². The largest absolute Gasteiger partial charge is 0.456 e. The second kappa shape index (κ2) is 7.79. The molecule has 6 heteroatoms. The lowest BCUT2D eigenvalue weighted by Crippen LogP contribution is -2.23. The van der Waals surface area contributed by atoms with E-state index in [9.17, 15) is 9.59 Å². The summed E-state index contributed by atoms with van der Waals surface area (Å²) in [7, 11) is 0. The van der Waals surface area contributed by atoms with Gasteiger partial charge in [-0.15, -0.1) is 0 Å². The zero-order chi connectivity index (χ0) is 18.4. The molecule has 0 spiro atoms. The van der Waals surface area contributed by atoms with E-state index in [1.165, 1.54) is 13.1 Å². The highest BCUT2D eigenvalue weighted by Gasteiger charge is 2.17. The number of nitrogens with zero attached hydrogens (tertiary/aromatic N) is 1. The fourth-order valence-corrected chi connectivity index (χ4v) is 2.01. The third-order valence-corrected chi connectivity index (χ3v) is 3.17. The Bertz CT molecular complexity index is 732. The number of carbonyl (C=O) groups is 2. The summed E-state index contributed by atoms with van der Waals surface area (Å²) >= 11 is 0. The lowest BCUT2D eigenvalue weighted by atomic mass is 10.2. The smallest absolute Gasteiger partial charge is 0.340 e. The molecule has 1 amide bonds. The number of hydrogen-bond donors (Lipinski definition) is 2. The van der Waals surface area contributed by atoms with Gasteiger partial charge >= 0.3 is 5.97 Å². The third-order valence-electron chi connectivity index (χ3n) is 3.17. The Labute approximate surface area is 147 Å². The number of carbonyl (C=O) groups excluding carboxylic acids is 2. The first kappa shape index (κ1) is 18.4. The van der Waals surface area contributed by atoms with Gasteiger partial charge in [-0.2, -0.15) is 0 Å². The molecule has 25 heavy (non-hydrogen) atoms. The maximum atomic E-state index is 12.0. The Morgan fingerprint density at radius 3 is 2.28 bits per heavy atom. The number of nitrogens with one attached hydrogen (secondary N) is 2. The molecule has 0 aliphatic heterocycles. The van der Waals surface area contributed by atoms with Gasteiger partial charge in [0.05, 0.1) is 5.56 Å². The van der Waals surface area contributed by atoms with Crippen molar-refractivity contribution in [2.24, 2.45) is 0 Å². The van der Waals surface area contributed by atoms with Gasteiger partial charge in [-0.05, 0) is 50.6 Å². The molecule has 0 saturated heterocycles. The number of anilines is 2. The zero-order valence-electron chi connectivity index (χ0n) is 14.9. The Hall–Kier alpha value is -2.89. The van der Waals surface area contributed by atoms with E-state index in [0.29, 0.717) is 17.9 Å². The molecule has 0 atom stereocenters. The van der Waals surface area contributed by atoms with Crippen LogP contribution in [-0.2, 0) is 16.1 Å². The van der Waals surface area contributed by atoms with Crippen LogP contribution in [0.3, 0.4) is 0 Å². The first-order valence-corrected chi connectivity index (χ1v) is 8.03. The molecule has 132 valence electrons. The molecule has 0 unspecified atom stereocenters. The van der Waals surface area contributed by atoms with Gasteiger partial charge in [0.25, 0.3) is 0 Å². The maximum absolute atomic E-state index is 12.0. The summed E-state index contributed by atoms with van der Waals surface area (Å²) in [5.74, 6) is 0.173. The number of ether oxygens (including phenoxy) is 1. The van der Waals surface area contributed by atoms with Crippen molar-refractivity contribution in [2.75, 3.05) is 5.32 Å². The highest BCUT2D eigenvalue weighted by Crippen LogP contribution is 2.17. The third kappa shape index (κ3) is 6.25. The highest BCUT2D eigenvalue weighted by molar-refractivity contribution is 5.89. The molecular formula is C19H23N3O3. The van der Waals surface area contributed by atoms with Gasteiger partial charge in [-0.25, -0.2) is 9.78 Å². The summed E-state index contributed by atoms with van der Waals surface area (Å²) < 4.78 is 5.31. The Morgan fingerprint density at radius 1 is 1.08 bits per heavy atom. The van der Waals surface area contributed by atoms with Crippen LogP contribution in [-0.4, -0.2) is 22.5 Å². The van der Waals surface area contributed by atoms with Crippen LogP contribution in [0.2, 0.25) is 0 Å². The summed E-state index contributed by atoms with van der Waals surface area (Å²) in [5.41, 5.74) is 1.75. The van der Waals surface area contributed by atoms with Gasteiger partial charge in [0.15, 0.2) is 0 Å². The predicted molar refractivity (Wildman–Crippen MR) is 96.7 cm³/mol. The van der Waals surface area contributed by atoms with E-state index in [4.69, 9.17) is 4.74 Å². The Morgan fingerprint density at radius 2 is 1.76 bits per heavy atom. The maximum Gasteiger partial charge on any atom is 0.340 e. The second-order valence-electron chi connectivity index (χ2n) is 6.67. The number of pyridine rings is 1. The predicted octanol–water partition coefficient (Wildman–Crippen LogP) is 3.42. The van der Waals surface area contributed by atoms with E-state index in [1.807, 2.05) is 45.0 Å². The van der Waals surface area contributed by atoms with Crippen LogP contribution in [0.4, 0.5) is 11.5 Å². The number of aromatic nitrogens is 1. The molecule has 0 aliphatic carbocycles. The molecule has 1 aromatic carbocycles. The van der Waals surface area contributed by atoms with Crippen molar-refractivity contribution in [3.63, 3.8) is 0 Å². The summed E-state index contributed by atoms with van der Waals surface area (Å²) in [6, 6.07) is 11.1. The summed E-state index contributed by atoms with van der Waals surface area (Å²) in [5, 5.41) is 5.91. The number of rotatable bonds is 5. The molecule has 0 aliphatic rings. The average molecular weight is 341 g/mol.